The third-order valence-corrected chi connectivity index (χ3v) is 5.81. The molecule has 4 N–H and O–H groups in total. The van der Waals surface area contributed by atoms with Crippen LogP contribution < -0.4 is 16.3 Å². The molecule has 0 bridgehead atoms. The van der Waals surface area contributed by atoms with Gasteiger partial charge in [-0.05, 0) is 30.6 Å². The summed E-state index contributed by atoms with van der Waals surface area (Å²) in [7, 11) is 0. The van der Waals surface area contributed by atoms with Crippen LogP contribution in [0.3, 0.4) is 0 Å². The Morgan fingerprint density at radius 2 is 1.83 bits per heavy atom. The number of hydrogen-bond acceptors (Lipinski definition) is 5. The van der Waals surface area contributed by atoms with Gasteiger partial charge in [0.25, 0.3) is 0 Å². The summed E-state index contributed by atoms with van der Waals surface area (Å²) < 4.78 is 0. The predicted molar refractivity (Wildman–Crippen MR) is 89.8 cm³/mol. The van der Waals surface area contributed by atoms with Crippen LogP contribution in [0, 0.1) is 17.8 Å². The van der Waals surface area contributed by atoms with Crippen LogP contribution >= 0.6 is 0 Å². The van der Waals surface area contributed by atoms with E-state index in [2.05, 4.69) is 21.4 Å². The number of carboxylic acid groups (broad SMARTS) is 1. The van der Waals surface area contributed by atoms with Gasteiger partial charge in [0, 0.05) is 13.0 Å². The van der Waals surface area contributed by atoms with Gasteiger partial charge in [-0.15, -0.1) is 0 Å². The monoisotopic (exact) mass is 322 g/mol. The maximum absolute atomic E-state index is 11.5. The summed E-state index contributed by atoms with van der Waals surface area (Å²) in [6.45, 7) is 1.00. The lowest BCUT2D eigenvalue weighted by Gasteiger charge is -2.41. The lowest BCUT2D eigenvalue weighted by Crippen LogP contribution is -2.61. The fourth-order valence-electron chi connectivity index (χ4n) is 4.46. The number of aliphatic carboxylic acids is 1. The van der Waals surface area contributed by atoms with Crippen LogP contribution in [0.5, 0.6) is 0 Å². The average Bonchev–Trinajstić information content (AvgIpc) is 2.59. The highest BCUT2D eigenvalue weighted by Gasteiger charge is 2.35. The van der Waals surface area contributed by atoms with Gasteiger partial charge >= 0.3 is 5.97 Å². The second kappa shape index (κ2) is 8.11. The molecule has 2 aliphatic carbocycles. The Balaban J connectivity index is 1.59. The number of hydrogen-bond donors (Lipinski definition) is 4. The van der Waals surface area contributed by atoms with Crippen LogP contribution in [-0.4, -0.2) is 29.5 Å². The lowest BCUT2D eigenvalue weighted by molar-refractivity contribution is -0.129. The first-order valence-corrected chi connectivity index (χ1v) is 9.28. The molecular weight excluding hydrogens is 292 g/mol. The largest absolute Gasteiger partial charge is 0.477 e. The molecule has 0 aromatic rings. The molecular formula is C17H30N4O2. The maximum Gasteiger partial charge on any atom is 0.352 e. The maximum atomic E-state index is 11.5. The topological polar surface area (TPSA) is 85.8 Å². The van der Waals surface area contributed by atoms with Crippen LogP contribution in [0.4, 0.5) is 0 Å². The van der Waals surface area contributed by atoms with Crippen LogP contribution in [-0.2, 0) is 4.79 Å². The first kappa shape index (κ1) is 16.7. The summed E-state index contributed by atoms with van der Waals surface area (Å²) in [5.41, 5.74) is 9.91. The molecule has 1 heterocycles. The molecule has 3 fully saturated rings. The second-order valence-corrected chi connectivity index (χ2v) is 7.41. The van der Waals surface area contributed by atoms with Crippen molar-refractivity contribution in [3.05, 3.63) is 0 Å². The lowest BCUT2D eigenvalue weighted by atomic mass is 9.77. The van der Waals surface area contributed by atoms with Crippen molar-refractivity contribution in [2.24, 2.45) is 22.9 Å². The predicted octanol–water partition coefficient (Wildman–Crippen LogP) is 2.23. The highest BCUT2D eigenvalue weighted by molar-refractivity contribution is 6.35. The molecule has 0 aromatic heterocycles. The number of rotatable bonds is 5. The smallest absolute Gasteiger partial charge is 0.352 e. The minimum absolute atomic E-state index is 0.0368. The molecule has 0 aromatic carbocycles. The highest BCUT2D eigenvalue weighted by atomic mass is 16.4. The fourth-order valence-corrected chi connectivity index (χ4v) is 4.46. The van der Waals surface area contributed by atoms with Crippen LogP contribution in [0.1, 0.15) is 64.2 Å². The Kier molecular flexibility index (Phi) is 5.89. The third-order valence-electron chi connectivity index (χ3n) is 5.81. The SMILES string of the molecule is O=C(O)/C(CC1CCCCC1)=N/NC1NNCC2CCCCC21. The Hall–Kier alpha value is -1.14. The normalized spacial score (nSPS) is 33.0. The average molecular weight is 322 g/mol. The van der Waals surface area contributed by atoms with Crippen molar-refractivity contribution in [3.63, 3.8) is 0 Å². The highest BCUT2D eigenvalue weighted by Crippen LogP contribution is 2.33. The molecule has 1 saturated heterocycles. The van der Waals surface area contributed by atoms with E-state index in [4.69, 9.17) is 0 Å². The Labute approximate surface area is 138 Å². The molecule has 0 spiro atoms. The zero-order valence-corrected chi connectivity index (χ0v) is 13.9. The number of carbonyl (C=O) groups is 1. The fraction of sp³-hybridized carbons (Fsp3) is 0.882. The van der Waals surface area contributed by atoms with E-state index in [1.807, 2.05) is 0 Å². The van der Waals surface area contributed by atoms with Crippen molar-refractivity contribution in [2.75, 3.05) is 6.54 Å². The molecule has 3 rings (SSSR count). The van der Waals surface area contributed by atoms with E-state index >= 15 is 0 Å². The van der Waals surface area contributed by atoms with E-state index in [1.54, 1.807) is 0 Å². The molecule has 0 amide bonds. The number of carboxylic acids is 1. The standard InChI is InChI=1S/C17H30N4O2/c22-17(23)15(10-12-6-2-1-3-7-12)19-21-16-14-9-5-4-8-13(14)11-18-20-16/h12-14,16,18,20-21H,1-11H2,(H,22,23)/b19-15+. The summed E-state index contributed by atoms with van der Waals surface area (Å²) in [5, 5.41) is 13.8. The van der Waals surface area contributed by atoms with E-state index in [1.165, 1.54) is 44.9 Å². The summed E-state index contributed by atoms with van der Waals surface area (Å²) in [4.78, 5) is 11.5. The van der Waals surface area contributed by atoms with Crippen LogP contribution in [0.2, 0.25) is 0 Å². The van der Waals surface area contributed by atoms with Crippen molar-refractivity contribution >= 4 is 11.7 Å². The van der Waals surface area contributed by atoms with Gasteiger partial charge in [0.1, 0.15) is 11.9 Å². The first-order chi connectivity index (χ1) is 11.2. The molecule has 2 saturated carbocycles. The molecule has 1 aliphatic heterocycles. The van der Waals surface area contributed by atoms with E-state index in [9.17, 15) is 9.90 Å². The van der Waals surface area contributed by atoms with Crippen LogP contribution in [0.15, 0.2) is 5.10 Å². The number of nitrogens with one attached hydrogen (secondary N) is 3. The van der Waals surface area contributed by atoms with Crippen molar-refractivity contribution in [1.29, 1.82) is 0 Å². The minimum atomic E-state index is -0.882. The van der Waals surface area contributed by atoms with Gasteiger partial charge in [-0.25, -0.2) is 10.2 Å². The molecule has 23 heavy (non-hydrogen) atoms. The van der Waals surface area contributed by atoms with Gasteiger partial charge in [0.05, 0.1) is 0 Å². The Morgan fingerprint density at radius 3 is 2.61 bits per heavy atom. The van der Waals surface area contributed by atoms with Crippen molar-refractivity contribution in [1.82, 2.24) is 16.3 Å². The van der Waals surface area contributed by atoms with Crippen LogP contribution in [0.25, 0.3) is 0 Å². The van der Waals surface area contributed by atoms with Gasteiger partial charge < -0.3 is 5.11 Å². The molecule has 3 aliphatic rings. The number of nitrogens with zero attached hydrogens (tertiary/aromatic N) is 1. The molecule has 3 unspecified atom stereocenters. The summed E-state index contributed by atoms with van der Waals surface area (Å²) >= 11 is 0. The molecule has 6 heteroatoms. The number of fused-ring (bicyclic) bond motifs is 1. The molecule has 3 atom stereocenters. The summed E-state index contributed by atoms with van der Waals surface area (Å²) in [6, 6.07) is 0. The molecule has 0 radical (unpaired) electrons. The van der Waals surface area contributed by atoms with Gasteiger partial charge in [-0.1, -0.05) is 44.9 Å². The third kappa shape index (κ3) is 4.44. The second-order valence-electron chi connectivity index (χ2n) is 7.41. The van der Waals surface area contributed by atoms with Gasteiger partial charge in [0.2, 0.25) is 0 Å². The molecule has 6 nitrogen and oxygen atoms in total. The summed E-state index contributed by atoms with van der Waals surface area (Å²) in [5.74, 6) is 0.815. The van der Waals surface area contributed by atoms with E-state index in [0.29, 0.717) is 24.2 Å². The Morgan fingerprint density at radius 1 is 1.09 bits per heavy atom. The summed E-state index contributed by atoms with van der Waals surface area (Å²) in [6.07, 6.45) is 11.7. The first-order valence-electron chi connectivity index (χ1n) is 9.28. The quantitative estimate of drug-likeness (QED) is 0.461. The van der Waals surface area contributed by atoms with E-state index < -0.39 is 5.97 Å². The van der Waals surface area contributed by atoms with Gasteiger partial charge in [-0.3, -0.25) is 10.9 Å². The zero-order chi connectivity index (χ0) is 16.1. The van der Waals surface area contributed by atoms with Gasteiger partial charge in [-0.2, -0.15) is 5.10 Å². The Bertz CT molecular complexity index is 432. The van der Waals surface area contributed by atoms with Crippen molar-refractivity contribution < 1.29 is 9.90 Å². The van der Waals surface area contributed by atoms with Crippen molar-refractivity contribution in [2.45, 2.75) is 70.4 Å². The number of hydrazine groups is 1. The van der Waals surface area contributed by atoms with E-state index in [0.717, 1.165) is 19.4 Å². The van der Waals surface area contributed by atoms with Gasteiger partial charge in [0.15, 0.2) is 0 Å². The zero-order valence-electron chi connectivity index (χ0n) is 13.9. The van der Waals surface area contributed by atoms with E-state index in [-0.39, 0.29) is 11.9 Å². The minimum Gasteiger partial charge on any atom is -0.477 e. The number of hydrazone groups is 1. The molecule has 130 valence electrons. The van der Waals surface area contributed by atoms with Crippen molar-refractivity contribution in [3.8, 4) is 0 Å².